The van der Waals surface area contributed by atoms with E-state index >= 15 is 4.39 Å². The molecule has 3 heterocycles. The molecule has 4 atom stereocenters. The Morgan fingerprint density at radius 1 is 1.43 bits per heavy atom. The molecule has 2 aliphatic rings. The van der Waals surface area contributed by atoms with Crippen molar-refractivity contribution in [3.8, 4) is 0 Å². The van der Waals surface area contributed by atoms with Gasteiger partial charge < -0.3 is 10.0 Å². The predicted octanol–water partition coefficient (Wildman–Crippen LogP) is 2.97. The van der Waals surface area contributed by atoms with Crippen molar-refractivity contribution in [2.24, 2.45) is 0 Å². The SMILES string of the molecule is CN(c1cnc(Cl)cn1)[C@@H]1C[C@@]2(C)CC[C@@](C)([C@@H]1F)N2C(=O)O. The van der Waals surface area contributed by atoms with Crippen molar-refractivity contribution in [2.45, 2.75) is 56.4 Å². The molecule has 1 aromatic heterocycles. The molecule has 0 unspecified atom stereocenters. The lowest BCUT2D eigenvalue weighted by molar-refractivity contribution is -0.0380. The Hall–Kier alpha value is -1.63. The third-order valence-corrected chi connectivity index (χ3v) is 5.65. The quantitative estimate of drug-likeness (QED) is 0.894. The summed E-state index contributed by atoms with van der Waals surface area (Å²) in [5, 5.41) is 9.82. The van der Waals surface area contributed by atoms with Crippen LogP contribution in [0.25, 0.3) is 0 Å². The first-order valence-corrected chi connectivity index (χ1v) is 7.94. The number of amides is 1. The van der Waals surface area contributed by atoms with Crippen LogP contribution in [0.3, 0.4) is 0 Å². The zero-order chi connectivity index (χ0) is 17.0. The summed E-state index contributed by atoms with van der Waals surface area (Å²) in [6, 6.07) is -0.460. The summed E-state index contributed by atoms with van der Waals surface area (Å²) in [5.74, 6) is 0.525. The van der Waals surface area contributed by atoms with Gasteiger partial charge in [0.25, 0.3) is 0 Å². The number of aromatic nitrogens is 2. The number of halogens is 2. The van der Waals surface area contributed by atoms with Gasteiger partial charge in [-0.25, -0.2) is 19.2 Å². The number of anilines is 1. The fourth-order valence-corrected chi connectivity index (χ4v) is 4.32. The molecule has 0 radical (unpaired) electrons. The van der Waals surface area contributed by atoms with Crippen LogP contribution >= 0.6 is 11.6 Å². The number of piperidine rings is 1. The Balaban J connectivity index is 1.94. The first-order valence-electron chi connectivity index (χ1n) is 7.57. The molecule has 2 saturated heterocycles. The van der Waals surface area contributed by atoms with Crippen LogP contribution < -0.4 is 4.90 Å². The van der Waals surface area contributed by atoms with Gasteiger partial charge in [0, 0.05) is 12.6 Å². The predicted molar refractivity (Wildman–Crippen MR) is 84.7 cm³/mol. The van der Waals surface area contributed by atoms with Crippen LogP contribution in [0.15, 0.2) is 12.4 Å². The number of hydrogen-bond acceptors (Lipinski definition) is 4. The summed E-state index contributed by atoms with van der Waals surface area (Å²) >= 11 is 5.75. The average molecular weight is 343 g/mol. The van der Waals surface area contributed by atoms with Gasteiger partial charge in [-0.05, 0) is 33.1 Å². The number of fused-ring (bicyclic) bond motifs is 2. The largest absolute Gasteiger partial charge is 0.465 e. The molecule has 2 fully saturated rings. The van der Waals surface area contributed by atoms with E-state index in [1.54, 1.807) is 18.9 Å². The van der Waals surface area contributed by atoms with E-state index in [0.717, 1.165) is 0 Å². The lowest BCUT2D eigenvalue weighted by Crippen LogP contribution is -2.68. The first-order chi connectivity index (χ1) is 10.7. The molecular formula is C15H20ClFN4O2. The first kappa shape index (κ1) is 16.2. The highest BCUT2D eigenvalue weighted by Crippen LogP contribution is 2.52. The fourth-order valence-electron chi connectivity index (χ4n) is 4.23. The lowest BCUT2D eigenvalue weighted by atomic mass is 9.80. The summed E-state index contributed by atoms with van der Waals surface area (Å²) in [6.07, 6.45) is 2.16. The summed E-state index contributed by atoms with van der Waals surface area (Å²) in [7, 11) is 1.76. The second kappa shape index (κ2) is 5.19. The Morgan fingerprint density at radius 3 is 2.70 bits per heavy atom. The molecule has 23 heavy (non-hydrogen) atoms. The van der Waals surface area contributed by atoms with Crippen LogP contribution in [-0.2, 0) is 0 Å². The summed E-state index contributed by atoms with van der Waals surface area (Å²) in [6.45, 7) is 3.59. The molecule has 0 aliphatic carbocycles. The average Bonchev–Trinajstić information content (AvgIpc) is 2.72. The maximum atomic E-state index is 15.3. The molecule has 8 heteroatoms. The van der Waals surface area contributed by atoms with Crippen molar-refractivity contribution in [3.63, 3.8) is 0 Å². The highest BCUT2D eigenvalue weighted by atomic mass is 35.5. The molecule has 0 saturated carbocycles. The fraction of sp³-hybridized carbons (Fsp3) is 0.667. The van der Waals surface area contributed by atoms with E-state index in [0.29, 0.717) is 25.1 Å². The standard InChI is InChI=1S/C15H20ClFN4O2/c1-14-4-5-15(2,21(14)13(22)23)12(17)9(6-14)20(3)11-8-18-10(16)7-19-11/h7-9,12H,4-6H2,1-3H3,(H,22,23)/t9-,12-,14-,15+/m1/s1. The van der Waals surface area contributed by atoms with Crippen LogP contribution in [0.2, 0.25) is 5.15 Å². The van der Waals surface area contributed by atoms with Gasteiger partial charge in [0.1, 0.15) is 17.1 Å². The van der Waals surface area contributed by atoms with Crippen molar-refractivity contribution in [2.75, 3.05) is 11.9 Å². The number of carboxylic acid groups (broad SMARTS) is 1. The van der Waals surface area contributed by atoms with E-state index in [1.807, 2.05) is 6.92 Å². The minimum atomic E-state index is -1.31. The van der Waals surface area contributed by atoms with E-state index in [4.69, 9.17) is 11.6 Å². The summed E-state index contributed by atoms with van der Waals surface area (Å²) in [5.41, 5.74) is -1.58. The molecule has 1 amide bonds. The molecule has 0 spiro atoms. The topological polar surface area (TPSA) is 69.6 Å². The maximum Gasteiger partial charge on any atom is 0.408 e. The van der Waals surface area contributed by atoms with Gasteiger partial charge in [-0.3, -0.25) is 4.90 Å². The Labute approximate surface area is 139 Å². The highest BCUT2D eigenvalue weighted by molar-refractivity contribution is 6.29. The van der Waals surface area contributed by atoms with E-state index in [9.17, 15) is 9.90 Å². The third kappa shape index (κ3) is 2.33. The molecule has 1 N–H and O–H groups in total. The van der Waals surface area contributed by atoms with E-state index in [1.165, 1.54) is 17.3 Å². The smallest absolute Gasteiger partial charge is 0.408 e. The van der Waals surface area contributed by atoms with Gasteiger partial charge in [0.05, 0.1) is 24.0 Å². The van der Waals surface area contributed by atoms with Gasteiger partial charge in [-0.2, -0.15) is 0 Å². The van der Waals surface area contributed by atoms with Crippen molar-refractivity contribution in [1.29, 1.82) is 0 Å². The number of rotatable bonds is 2. The summed E-state index contributed by atoms with van der Waals surface area (Å²) in [4.78, 5) is 22.9. The normalized spacial score (nSPS) is 36.1. The number of alkyl halides is 1. The van der Waals surface area contributed by atoms with Crippen molar-refractivity contribution in [1.82, 2.24) is 14.9 Å². The minimum absolute atomic E-state index is 0.277. The van der Waals surface area contributed by atoms with Gasteiger partial charge in [0.2, 0.25) is 0 Å². The van der Waals surface area contributed by atoms with Crippen LogP contribution in [0.1, 0.15) is 33.1 Å². The Bertz CT molecular complexity index is 630. The van der Waals surface area contributed by atoms with Crippen molar-refractivity contribution in [3.05, 3.63) is 17.5 Å². The van der Waals surface area contributed by atoms with E-state index < -0.39 is 29.4 Å². The van der Waals surface area contributed by atoms with Crippen LogP contribution in [0, 0.1) is 0 Å². The number of carbonyl (C=O) groups is 1. The highest BCUT2D eigenvalue weighted by Gasteiger charge is 2.63. The molecule has 3 rings (SSSR count). The molecule has 2 aliphatic heterocycles. The molecule has 126 valence electrons. The second-order valence-corrected chi connectivity index (χ2v) is 7.34. The number of hydrogen-bond donors (Lipinski definition) is 1. The Kier molecular flexibility index (Phi) is 3.66. The maximum absolute atomic E-state index is 15.3. The molecular weight excluding hydrogens is 323 g/mol. The van der Waals surface area contributed by atoms with Gasteiger partial charge in [-0.15, -0.1) is 0 Å². The second-order valence-electron chi connectivity index (χ2n) is 6.95. The van der Waals surface area contributed by atoms with Gasteiger partial charge >= 0.3 is 6.09 Å². The number of nitrogens with zero attached hydrogens (tertiary/aromatic N) is 4. The Morgan fingerprint density at radius 2 is 2.13 bits per heavy atom. The monoisotopic (exact) mass is 342 g/mol. The molecule has 2 bridgehead atoms. The van der Waals surface area contributed by atoms with Crippen LogP contribution in [0.4, 0.5) is 15.0 Å². The van der Waals surface area contributed by atoms with Crippen molar-refractivity contribution < 1.29 is 14.3 Å². The van der Waals surface area contributed by atoms with Gasteiger partial charge in [0.15, 0.2) is 0 Å². The van der Waals surface area contributed by atoms with E-state index in [-0.39, 0.29) is 5.15 Å². The third-order valence-electron chi connectivity index (χ3n) is 5.46. The molecule has 1 aromatic rings. The summed E-state index contributed by atoms with van der Waals surface area (Å²) < 4.78 is 15.3. The van der Waals surface area contributed by atoms with Crippen molar-refractivity contribution >= 4 is 23.5 Å². The zero-order valence-corrected chi connectivity index (χ0v) is 14.1. The minimum Gasteiger partial charge on any atom is -0.465 e. The zero-order valence-electron chi connectivity index (χ0n) is 13.3. The lowest BCUT2D eigenvalue weighted by Gasteiger charge is -2.53. The van der Waals surface area contributed by atoms with Gasteiger partial charge in [-0.1, -0.05) is 11.6 Å². The van der Waals surface area contributed by atoms with Crippen LogP contribution in [0.5, 0.6) is 0 Å². The molecule has 0 aromatic carbocycles. The molecule has 6 nitrogen and oxygen atoms in total. The van der Waals surface area contributed by atoms with E-state index in [2.05, 4.69) is 9.97 Å². The van der Waals surface area contributed by atoms with Crippen LogP contribution in [-0.4, -0.2) is 56.4 Å².